The molecule has 0 radical (unpaired) electrons. The molecule has 0 amide bonds. The first-order chi connectivity index (χ1) is 6.24. The highest BCUT2D eigenvalue weighted by atomic mass is 16.5. The normalized spacial score (nSPS) is 23.8. The van der Waals surface area contributed by atoms with Crippen LogP contribution in [-0.4, -0.2) is 25.3 Å². The Morgan fingerprint density at radius 2 is 2.62 bits per heavy atom. The lowest BCUT2D eigenvalue weighted by Crippen LogP contribution is -2.34. The lowest BCUT2D eigenvalue weighted by Gasteiger charge is -2.14. The van der Waals surface area contributed by atoms with Crippen molar-refractivity contribution in [1.82, 2.24) is 5.32 Å². The summed E-state index contributed by atoms with van der Waals surface area (Å²) < 4.78 is 5.43. The van der Waals surface area contributed by atoms with Gasteiger partial charge in [-0.25, -0.2) is 0 Å². The van der Waals surface area contributed by atoms with E-state index >= 15 is 0 Å². The van der Waals surface area contributed by atoms with Gasteiger partial charge in [0, 0.05) is 13.2 Å². The Bertz CT molecular complexity index is 213. The molecule has 1 aliphatic rings. The molecule has 1 saturated heterocycles. The Hall–Kier alpha value is -0.850. The summed E-state index contributed by atoms with van der Waals surface area (Å²) in [4.78, 5) is 0. The standard InChI is InChI=1S/C10H16N2O/c1-8(2)10(6-11)12-7-9-4-3-5-13-9/h9-10,12H,1,3-5,7H2,2H3. The van der Waals surface area contributed by atoms with Gasteiger partial charge in [0.1, 0.15) is 6.04 Å². The van der Waals surface area contributed by atoms with Gasteiger partial charge in [-0.3, -0.25) is 5.32 Å². The third kappa shape index (κ3) is 3.17. The summed E-state index contributed by atoms with van der Waals surface area (Å²) in [5, 5.41) is 11.9. The van der Waals surface area contributed by atoms with Crippen molar-refractivity contribution in [2.24, 2.45) is 0 Å². The summed E-state index contributed by atoms with van der Waals surface area (Å²) in [6.45, 7) is 7.22. The molecule has 0 aliphatic carbocycles. The van der Waals surface area contributed by atoms with E-state index in [0.717, 1.165) is 31.6 Å². The molecular formula is C10H16N2O. The molecule has 0 spiro atoms. The van der Waals surface area contributed by atoms with Gasteiger partial charge in [0.05, 0.1) is 12.2 Å². The van der Waals surface area contributed by atoms with Crippen LogP contribution in [0.25, 0.3) is 0 Å². The predicted octanol–water partition coefficient (Wildman–Crippen LogP) is 1.22. The largest absolute Gasteiger partial charge is 0.377 e. The number of ether oxygens (including phenoxy) is 1. The molecule has 13 heavy (non-hydrogen) atoms. The van der Waals surface area contributed by atoms with Crippen molar-refractivity contribution in [2.75, 3.05) is 13.2 Å². The van der Waals surface area contributed by atoms with E-state index in [1.54, 1.807) is 0 Å². The van der Waals surface area contributed by atoms with Crippen LogP contribution in [0.2, 0.25) is 0 Å². The minimum Gasteiger partial charge on any atom is -0.377 e. The van der Waals surface area contributed by atoms with Gasteiger partial charge in [-0.15, -0.1) is 0 Å². The second kappa shape index (κ2) is 5.00. The average Bonchev–Trinajstić information content (AvgIpc) is 2.57. The Labute approximate surface area is 79.4 Å². The number of hydrogen-bond donors (Lipinski definition) is 1. The number of rotatable bonds is 4. The number of nitrogens with zero attached hydrogens (tertiary/aromatic N) is 1. The SMILES string of the molecule is C=C(C)C(C#N)NCC1CCCO1. The van der Waals surface area contributed by atoms with Crippen molar-refractivity contribution in [3.63, 3.8) is 0 Å². The van der Waals surface area contributed by atoms with Crippen molar-refractivity contribution in [1.29, 1.82) is 5.26 Å². The Morgan fingerprint density at radius 3 is 3.08 bits per heavy atom. The highest BCUT2D eigenvalue weighted by Crippen LogP contribution is 2.11. The zero-order chi connectivity index (χ0) is 9.68. The fraction of sp³-hybridized carbons (Fsp3) is 0.700. The summed E-state index contributed by atoms with van der Waals surface area (Å²) in [6.07, 6.45) is 2.52. The molecule has 0 bridgehead atoms. The molecule has 72 valence electrons. The lowest BCUT2D eigenvalue weighted by atomic mass is 10.1. The predicted molar refractivity (Wildman–Crippen MR) is 51.2 cm³/mol. The van der Waals surface area contributed by atoms with Crippen LogP contribution in [0.1, 0.15) is 19.8 Å². The summed E-state index contributed by atoms with van der Waals surface area (Å²) in [5.41, 5.74) is 0.862. The zero-order valence-corrected chi connectivity index (χ0v) is 8.05. The van der Waals surface area contributed by atoms with Gasteiger partial charge in [0.25, 0.3) is 0 Å². The van der Waals surface area contributed by atoms with Gasteiger partial charge in [-0.1, -0.05) is 6.58 Å². The Kier molecular flexibility index (Phi) is 3.94. The molecular weight excluding hydrogens is 164 g/mol. The van der Waals surface area contributed by atoms with Crippen LogP contribution in [0.3, 0.4) is 0 Å². The van der Waals surface area contributed by atoms with Crippen LogP contribution in [0.4, 0.5) is 0 Å². The van der Waals surface area contributed by atoms with Crippen molar-refractivity contribution in [3.05, 3.63) is 12.2 Å². The molecule has 0 aromatic carbocycles. The molecule has 1 N–H and O–H groups in total. The number of nitrogens with one attached hydrogen (secondary N) is 1. The van der Waals surface area contributed by atoms with Crippen LogP contribution in [0.5, 0.6) is 0 Å². The monoisotopic (exact) mass is 180 g/mol. The van der Waals surface area contributed by atoms with Crippen LogP contribution in [-0.2, 0) is 4.74 Å². The molecule has 1 rings (SSSR count). The molecule has 0 aromatic rings. The first-order valence-corrected chi connectivity index (χ1v) is 4.64. The van der Waals surface area contributed by atoms with Gasteiger partial charge in [0.2, 0.25) is 0 Å². The molecule has 1 aliphatic heterocycles. The smallest absolute Gasteiger partial charge is 0.116 e. The second-order valence-electron chi connectivity index (χ2n) is 3.45. The van der Waals surface area contributed by atoms with Gasteiger partial charge in [-0.05, 0) is 25.3 Å². The second-order valence-corrected chi connectivity index (χ2v) is 3.45. The first-order valence-electron chi connectivity index (χ1n) is 4.64. The average molecular weight is 180 g/mol. The van der Waals surface area contributed by atoms with Gasteiger partial charge in [-0.2, -0.15) is 5.26 Å². The quantitative estimate of drug-likeness (QED) is 0.662. The maximum atomic E-state index is 8.76. The first kappa shape index (κ1) is 10.2. The van der Waals surface area contributed by atoms with Crippen LogP contribution < -0.4 is 5.32 Å². The molecule has 2 unspecified atom stereocenters. The van der Waals surface area contributed by atoms with Crippen molar-refractivity contribution >= 4 is 0 Å². The van der Waals surface area contributed by atoms with Gasteiger partial charge >= 0.3 is 0 Å². The zero-order valence-electron chi connectivity index (χ0n) is 8.05. The Balaban J connectivity index is 2.23. The van der Waals surface area contributed by atoms with Gasteiger partial charge in [0.15, 0.2) is 0 Å². The minimum atomic E-state index is -0.232. The molecule has 3 heteroatoms. The van der Waals surface area contributed by atoms with E-state index in [9.17, 15) is 0 Å². The van der Waals surface area contributed by atoms with Crippen molar-refractivity contribution in [3.8, 4) is 6.07 Å². The number of nitriles is 1. The van der Waals surface area contributed by atoms with E-state index in [0.29, 0.717) is 0 Å². The number of hydrogen-bond acceptors (Lipinski definition) is 3. The summed E-state index contributed by atoms with van der Waals surface area (Å²) in [7, 11) is 0. The van der Waals surface area contributed by atoms with Crippen LogP contribution >= 0.6 is 0 Å². The van der Waals surface area contributed by atoms with E-state index < -0.39 is 0 Å². The summed E-state index contributed by atoms with van der Waals surface area (Å²) in [6, 6.07) is 1.93. The Morgan fingerprint density at radius 1 is 1.85 bits per heavy atom. The van der Waals surface area contributed by atoms with E-state index in [1.165, 1.54) is 0 Å². The van der Waals surface area contributed by atoms with Crippen molar-refractivity contribution in [2.45, 2.75) is 31.9 Å². The van der Waals surface area contributed by atoms with Crippen LogP contribution in [0.15, 0.2) is 12.2 Å². The molecule has 1 heterocycles. The van der Waals surface area contributed by atoms with Crippen LogP contribution in [0, 0.1) is 11.3 Å². The highest BCUT2D eigenvalue weighted by molar-refractivity contribution is 5.13. The molecule has 0 aromatic heterocycles. The molecule has 3 nitrogen and oxygen atoms in total. The van der Waals surface area contributed by atoms with Gasteiger partial charge < -0.3 is 4.74 Å². The maximum Gasteiger partial charge on any atom is 0.116 e. The maximum absolute atomic E-state index is 8.76. The lowest BCUT2D eigenvalue weighted by molar-refractivity contribution is 0.109. The third-order valence-electron chi connectivity index (χ3n) is 2.20. The van der Waals surface area contributed by atoms with Crippen molar-refractivity contribution < 1.29 is 4.74 Å². The van der Waals surface area contributed by atoms with E-state index in [4.69, 9.17) is 10.00 Å². The minimum absolute atomic E-state index is 0.232. The van der Waals surface area contributed by atoms with E-state index in [-0.39, 0.29) is 12.1 Å². The highest BCUT2D eigenvalue weighted by Gasteiger charge is 2.17. The topological polar surface area (TPSA) is 45.0 Å². The molecule has 2 atom stereocenters. The summed E-state index contributed by atoms with van der Waals surface area (Å²) >= 11 is 0. The molecule has 0 saturated carbocycles. The third-order valence-corrected chi connectivity index (χ3v) is 2.20. The fourth-order valence-corrected chi connectivity index (χ4v) is 1.38. The van der Waals surface area contributed by atoms with E-state index in [1.807, 2.05) is 6.92 Å². The summed E-state index contributed by atoms with van der Waals surface area (Å²) in [5.74, 6) is 0. The fourth-order valence-electron chi connectivity index (χ4n) is 1.38. The molecule has 1 fully saturated rings. The van der Waals surface area contributed by atoms with E-state index in [2.05, 4.69) is 18.0 Å².